The Hall–Kier alpha value is -3.58. The van der Waals surface area contributed by atoms with Gasteiger partial charge in [-0.2, -0.15) is 0 Å². The van der Waals surface area contributed by atoms with E-state index in [0.29, 0.717) is 0 Å². The highest BCUT2D eigenvalue weighted by molar-refractivity contribution is 6.39. The summed E-state index contributed by atoms with van der Waals surface area (Å²) >= 11 is 0. The van der Waals surface area contributed by atoms with Crippen molar-refractivity contribution in [1.29, 1.82) is 0 Å². The zero-order valence-electron chi connectivity index (χ0n) is 16.8. The van der Waals surface area contributed by atoms with Crippen LogP contribution in [0.15, 0.2) is 103 Å². The van der Waals surface area contributed by atoms with Crippen molar-refractivity contribution >= 4 is 24.1 Å². The molecule has 1 heteroatoms. The van der Waals surface area contributed by atoms with Gasteiger partial charge < -0.3 is 0 Å². The molecule has 0 saturated heterocycles. The van der Waals surface area contributed by atoms with Crippen molar-refractivity contribution in [2.24, 2.45) is 0 Å². The highest BCUT2D eigenvalue weighted by atomic mass is 14.5. The van der Waals surface area contributed by atoms with Crippen LogP contribution < -0.4 is 5.46 Å². The molecular formula is C29H19B. The van der Waals surface area contributed by atoms with Crippen molar-refractivity contribution in [3.05, 3.63) is 125 Å². The van der Waals surface area contributed by atoms with Gasteiger partial charge in [-0.3, -0.25) is 0 Å². The number of fused-ring (bicyclic) bond motifs is 9. The quantitative estimate of drug-likeness (QED) is 0.308. The van der Waals surface area contributed by atoms with Gasteiger partial charge in [0, 0.05) is 0 Å². The third kappa shape index (κ3) is 1.71. The number of benzene rings is 5. The van der Waals surface area contributed by atoms with Gasteiger partial charge in [0.25, 0.3) is 0 Å². The molecule has 2 aliphatic rings. The molecule has 0 fully saturated rings. The summed E-state index contributed by atoms with van der Waals surface area (Å²) in [6, 6.07) is 38.5. The van der Waals surface area contributed by atoms with E-state index >= 15 is 0 Å². The second kappa shape index (κ2) is 5.52. The van der Waals surface area contributed by atoms with Crippen LogP contribution in [-0.2, 0) is 5.41 Å². The molecule has 0 heterocycles. The van der Waals surface area contributed by atoms with E-state index in [-0.39, 0.29) is 5.41 Å². The smallest absolute Gasteiger partial charge is 0.0812 e. The van der Waals surface area contributed by atoms with Gasteiger partial charge in [-0.05, 0) is 55.3 Å². The second-order valence-corrected chi connectivity index (χ2v) is 8.54. The van der Waals surface area contributed by atoms with Gasteiger partial charge in [0.2, 0.25) is 0 Å². The maximum atomic E-state index is 2.36. The standard InChI is InChI=1S/C29H19B/c30-27-17-16-21-20-10-3-6-14-25(20)29(26-15-7-11-22(27)28(21)26)23-12-4-1-8-18(23)19-9-2-5-13-24(19)29/h1-17H,30H2. The van der Waals surface area contributed by atoms with Crippen molar-refractivity contribution in [2.75, 3.05) is 0 Å². The molecule has 0 bridgehead atoms. The van der Waals surface area contributed by atoms with Crippen molar-refractivity contribution in [1.82, 2.24) is 0 Å². The average Bonchev–Trinajstić information content (AvgIpc) is 3.10. The fourth-order valence-electron chi connectivity index (χ4n) is 6.09. The predicted octanol–water partition coefficient (Wildman–Crippen LogP) is 5.44. The lowest BCUT2D eigenvalue weighted by Gasteiger charge is -2.40. The van der Waals surface area contributed by atoms with E-state index in [2.05, 4.69) is 111 Å². The Morgan fingerprint density at radius 1 is 0.433 bits per heavy atom. The summed E-state index contributed by atoms with van der Waals surface area (Å²) in [6.45, 7) is 0. The minimum absolute atomic E-state index is 0.274. The fraction of sp³-hybridized carbons (Fsp3) is 0.0345. The maximum Gasteiger partial charge on any atom is 0.140 e. The molecule has 7 rings (SSSR count). The second-order valence-electron chi connectivity index (χ2n) is 8.54. The highest BCUT2D eigenvalue weighted by Gasteiger charge is 2.49. The minimum atomic E-state index is -0.274. The average molecular weight is 378 g/mol. The first-order chi connectivity index (χ1) is 14.8. The molecule has 0 aliphatic heterocycles. The summed E-state index contributed by atoms with van der Waals surface area (Å²) in [5.74, 6) is 0. The van der Waals surface area contributed by atoms with E-state index in [0.717, 1.165) is 0 Å². The Morgan fingerprint density at radius 3 is 1.53 bits per heavy atom. The van der Waals surface area contributed by atoms with Crippen LogP contribution in [0.3, 0.4) is 0 Å². The highest BCUT2D eigenvalue weighted by Crippen LogP contribution is 2.61. The lowest BCUT2D eigenvalue weighted by molar-refractivity contribution is 0.773. The molecule has 0 saturated carbocycles. The number of rotatable bonds is 0. The van der Waals surface area contributed by atoms with E-state index < -0.39 is 0 Å². The Kier molecular flexibility index (Phi) is 2.99. The first kappa shape index (κ1) is 16.2. The van der Waals surface area contributed by atoms with Crippen molar-refractivity contribution in [2.45, 2.75) is 5.41 Å². The first-order valence-electron chi connectivity index (χ1n) is 10.6. The molecule has 30 heavy (non-hydrogen) atoms. The minimum Gasteiger partial charge on any atom is -0.0812 e. The summed E-state index contributed by atoms with van der Waals surface area (Å²) in [5.41, 5.74) is 12.1. The van der Waals surface area contributed by atoms with Gasteiger partial charge in [0.1, 0.15) is 7.85 Å². The molecule has 1 spiro atoms. The Balaban J connectivity index is 1.80. The molecule has 5 aromatic rings. The summed E-state index contributed by atoms with van der Waals surface area (Å²) < 4.78 is 0. The summed E-state index contributed by atoms with van der Waals surface area (Å²) in [7, 11) is 2.23. The normalized spacial score (nSPS) is 14.4. The van der Waals surface area contributed by atoms with E-state index in [1.165, 1.54) is 60.7 Å². The molecule has 0 N–H and O–H groups in total. The fourth-order valence-corrected chi connectivity index (χ4v) is 6.09. The molecule has 2 aliphatic carbocycles. The monoisotopic (exact) mass is 378 g/mol. The van der Waals surface area contributed by atoms with Gasteiger partial charge in [0.15, 0.2) is 0 Å². The number of hydrogen-bond acceptors (Lipinski definition) is 0. The van der Waals surface area contributed by atoms with Gasteiger partial charge in [-0.15, -0.1) is 0 Å². The third-order valence-corrected chi connectivity index (χ3v) is 7.24. The van der Waals surface area contributed by atoms with Gasteiger partial charge >= 0.3 is 0 Å². The zero-order valence-corrected chi connectivity index (χ0v) is 16.8. The molecule has 138 valence electrons. The van der Waals surface area contributed by atoms with E-state index in [1.54, 1.807) is 0 Å². The van der Waals surface area contributed by atoms with E-state index in [9.17, 15) is 0 Å². The van der Waals surface area contributed by atoms with Crippen molar-refractivity contribution in [3.8, 4) is 22.3 Å². The van der Waals surface area contributed by atoms with Crippen LogP contribution in [0.4, 0.5) is 0 Å². The predicted molar refractivity (Wildman–Crippen MR) is 128 cm³/mol. The van der Waals surface area contributed by atoms with Crippen molar-refractivity contribution < 1.29 is 0 Å². The topological polar surface area (TPSA) is 0 Å². The van der Waals surface area contributed by atoms with Crippen LogP contribution in [0.2, 0.25) is 0 Å². The van der Waals surface area contributed by atoms with E-state index in [1.807, 2.05) is 0 Å². The molecule has 0 nitrogen and oxygen atoms in total. The van der Waals surface area contributed by atoms with Crippen LogP contribution in [0.1, 0.15) is 22.3 Å². The van der Waals surface area contributed by atoms with Gasteiger partial charge in [0.05, 0.1) is 5.41 Å². The maximum absolute atomic E-state index is 2.36. The Bertz CT molecular complexity index is 1460. The van der Waals surface area contributed by atoms with Gasteiger partial charge in [-0.25, -0.2) is 0 Å². The van der Waals surface area contributed by atoms with Crippen LogP contribution in [0.5, 0.6) is 0 Å². The summed E-state index contributed by atoms with van der Waals surface area (Å²) in [6.07, 6.45) is 0. The molecule has 5 aromatic carbocycles. The van der Waals surface area contributed by atoms with Gasteiger partial charge in [-0.1, -0.05) is 109 Å². The van der Waals surface area contributed by atoms with Crippen molar-refractivity contribution in [3.63, 3.8) is 0 Å². The molecular weight excluding hydrogens is 359 g/mol. The summed E-state index contributed by atoms with van der Waals surface area (Å²) in [5, 5.41) is 2.77. The first-order valence-corrected chi connectivity index (χ1v) is 10.6. The Labute approximate surface area is 177 Å². The summed E-state index contributed by atoms with van der Waals surface area (Å²) in [4.78, 5) is 0. The molecule has 0 unspecified atom stereocenters. The van der Waals surface area contributed by atoms with Crippen LogP contribution in [0, 0.1) is 0 Å². The molecule has 0 amide bonds. The van der Waals surface area contributed by atoms with Crippen LogP contribution >= 0.6 is 0 Å². The Morgan fingerprint density at radius 2 is 0.933 bits per heavy atom. The molecule has 0 aromatic heterocycles. The lowest BCUT2D eigenvalue weighted by Crippen LogP contribution is -2.32. The SMILES string of the molecule is Bc1ccc2c3c(cccc13)C1(c3ccccc3-c3ccccc31)c1ccccc1-2. The lowest BCUT2D eigenvalue weighted by atomic mass is 9.61. The van der Waals surface area contributed by atoms with Crippen LogP contribution in [-0.4, -0.2) is 7.85 Å². The number of hydrogen-bond donors (Lipinski definition) is 0. The third-order valence-electron chi connectivity index (χ3n) is 7.24. The van der Waals surface area contributed by atoms with E-state index in [4.69, 9.17) is 0 Å². The zero-order chi connectivity index (χ0) is 19.9. The molecule has 0 atom stereocenters. The largest absolute Gasteiger partial charge is 0.140 e. The van der Waals surface area contributed by atoms with Crippen LogP contribution in [0.25, 0.3) is 33.0 Å². The molecule has 0 radical (unpaired) electrons.